The van der Waals surface area contributed by atoms with Crippen molar-refractivity contribution in [3.8, 4) is 10.6 Å². The number of hydrogen-bond donors (Lipinski definition) is 1. The van der Waals surface area contributed by atoms with Crippen LogP contribution in [0.3, 0.4) is 0 Å². The maximum atomic E-state index is 13.1. The van der Waals surface area contributed by atoms with Gasteiger partial charge in [-0.25, -0.2) is 9.78 Å². The third-order valence-electron chi connectivity index (χ3n) is 6.13. The van der Waals surface area contributed by atoms with Gasteiger partial charge in [0.1, 0.15) is 10.6 Å². The van der Waals surface area contributed by atoms with Gasteiger partial charge in [-0.1, -0.05) is 46.8 Å². The predicted octanol–water partition coefficient (Wildman–Crippen LogP) is 6.75. The van der Waals surface area contributed by atoms with Gasteiger partial charge in [0.15, 0.2) is 0 Å². The zero-order chi connectivity index (χ0) is 22.0. The number of nitrogens with one attached hydrogen (secondary N) is 1. The Morgan fingerprint density at radius 2 is 1.97 bits per heavy atom. The molecule has 0 radical (unpaired) electrons. The molecule has 0 saturated heterocycles. The summed E-state index contributed by atoms with van der Waals surface area (Å²) >= 11 is 1.53. The number of para-hydroxylation sites is 1. The zero-order valence-electron chi connectivity index (χ0n) is 18.8. The first-order valence-electron chi connectivity index (χ1n) is 10.9. The lowest BCUT2D eigenvalue weighted by molar-refractivity contribution is 0.407. The molecule has 5 rings (SSSR count). The quantitative estimate of drug-likeness (QED) is 0.356. The Bertz CT molecular complexity index is 1340. The molecule has 0 saturated carbocycles. The summed E-state index contributed by atoms with van der Waals surface area (Å²) in [6, 6.07) is 12.2. The monoisotopic (exact) mass is 432 g/mol. The van der Waals surface area contributed by atoms with E-state index in [0.717, 1.165) is 46.2 Å². The second-order valence-corrected chi connectivity index (χ2v) is 11.5. The predicted molar refractivity (Wildman–Crippen MR) is 130 cm³/mol. The summed E-state index contributed by atoms with van der Waals surface area (Å²) in [4.78, 5) is 17.8. The lowest BCUT2D eigenvalue weighted by atomic mass is 9.75. The number of anilines is 1. The average Bonchev–Trinajstić information content (AvgIpc) is 3.11. The van der Waals surface area contributed by atoms with Crippen molar-refractivity contribution >= 4 is 38.2 Å². The van der Waals surface area contributed by atoms with Crippen LogP contribution in [0, 0.1) is 5.41 Å². The number of aromatic nitrogens is 1. The van der Waals surface area contributed by atoms with Gasteiger partial charge in [-0.2, -0.15) is 0 Å². The lowest BCUT2D eigenvalue weighted by Gasteiger charge is -2.36. The molecule has 4 nitrogen and oxygen atoms in total. The Morgan fingerprint density at radius 1 is 1.19 bits per heavy atom. The van der Waals surface area contributed by atoms with Crippen LogP contribution >= 0.6 is 11.3 Å². The highest BCUT2D eigenvalue weighted by Gasteiger charge is 2.32. The average molecular weight is 433 g/mol. The Balaban J connectivity index is 1.79. The molecule has 0 amide bonds. The van der Waals surface area contributed by atoms with Gasteiger partial charge in [0.25, 0.3) is 0 Å². The van der Waals surface area contributed by atoms with Gasteiger partial charge >= 0.3 is 5.63 Å². The van der Waals surface area contributed by atoms with Crippen molar-refractivity contribution < 1.29 is 4.42 Å². The Hall–Kier alpha value is -2.66. The van der Waals surface area contributed by atoms with E-state index in [-0.39, 0.29) is 16.5 Å². The van der Waals surface area contributed by atoms with Gasteiger partial charge < -0.3 is 9.73 Å². The molecular formula is C26H28N2O2S. The molecular weight excluding hydrogens is 404 g/mol. The topological polar surface area (TPSA) is 55.1 Å². The van der Waals surface area contributed by atoms with Crippen molar-refractivity contribution in [3.05, 3.63) is 57.9 Å². The van der Waals surface area contributed by atoms with Crippen molar-refractivity contribution in [2.24, 2.45) is 5.41 Å². The summed E-state index contributed by atoms with van der Waals surface area (Å²) in [6.45, 7) is 12.2. The molecule has 0 spiro atoms. The fourth-order valence-corrected chi connectivity index (χ4v) is 5.51. The fourth-order valence-electron chi connectivity index (χ4n) is 4.54. The first kappa shape index (κ1) is 20.3. The number of fused-ring (bicyclic) bond motifs is 3. The third kappa shape index (κ3) is 3.55. The summed E-state index contributed by atoms with van der Waals surface area (Å²) in [6.07, 6.45) is 1.90. The Morgan fingerprint density at radius 3 is 2.71 bits per heavy atom. The van der Waals surface area contributed by atoms with Gasteiger partial charge in [0.05, 0.1) is 15.8 Å². The molecule has 0 unspecified atom stereocenters. The van der Waals surface area contributed by atoms with Gasteiger partial charge in [0.2, 0.25) is 0 Å². The molecule has 0 bridgehead atoms. The summed E-state index contributed by atoms with van der Waals surface area (Å²) in [5.74, 6) is 0. The molecule has 5 heteroatoms. The molecule has 31 heavy (non-hydrogen) atoms. The van der Waals surface area contributed by atoms with Crippen LogP contribution in [0.2, 0.25) is 0 Å². The van der Waals surface area contributed by atoms with E-state index in [1.54, 1.807) is 0 Å². The molecule has 0 atom stereocenters. The smallest absolute Gasteiger partial charge is 0.346 e. The SMILES string of the molecule is CC(C)(C)Cc1c2c(cc3cc(-c4nc5ccccc5s4)c(=O)oc13)C(C)(C)CCN2. The summed E-state index contributed by atoms with van der Waals surface area (Å²) < 4.78 is 7.10. The minimum atomic E-state index is -0.322. The zero-order valence-corrected chi connectivity index (χ0v) is 19.6. The molecule has 1 aliphatic heterocycles. The van der Waals surface area contributed by atoms with Gasteiger partial charge in [0, 0.05) is 23.2 Å². The fraction of sp³-hybridized carbons (Fsp3) is 0.385. The van der Waals surface area contributed by atoms with Crippen LogP contribution in [-0.2, 0) is 11.8 Å². The van der Waals surface area contributed by atoms with Crippen LogP contribution < -0.4 is 10.9 Å². The normalized spacial score (nSPS) is 15.8. The largest absolute Gasteiger partial charge is 0.422 e. The van der Waals surface area contributed by atoms with Crippen LogP contribution in [-0.4, -0.2) is 11.5 Å². The Labute approximate surface area is 186 Å². The van der Waals surface area contributed by atoms with Crippen LogP contribution in [0.4, 0.5) is 5.69 Å². The van der Waals surface area contributed by atoms with Crippen molar-refractivity contribution in [1.29, 1.82) is 0 Å². The van der Waals surface area contributed by atoms with E-state index >= 15 is 0 Å². The molecule has 1 aliphatic rings. The van der Waals surface area contributed by atoms with Crippen molar-refractivity contribution in [3.63, 3.8) is 0 Å². The van der Waals surface area contributed by atoms with E-state index in [1.807, 2.05) is 30.3 Å². The molecule has 0 fully saturated rings. The highest BCUT2D eigenvalue weighted by molar-refractivity contribution is 7.21. The summed E-state index contributed by atoms with van der Waals surface area (Å²) in [5.41, 5.74) is 5.52. The maximum absolute atomic E-state index is 13.1. The Kier molecular flexibility index (Phi) is 4.52. The third-order valence-corrected chi connectivity index (χ3v) is 7.20. The minimum Gasteiger partial charge on any atom is -0.422 e. The van der Waals surface area contributed by atoms with E-state index in [1.165, 1.54) is 16.9 Å². The van der Waals surface area contributed by atoms with E-state index < -0.39 is 0 Å². The van der Waals surface area contributed by atoms with Crippen LogP contribution in [0.1, 0.15) is 52.2 Å². The van der Waals surface area contributed by atoms with Gasteiger partial charge in [-0.15, -0.1) is 11.3 Å². The molecule has 2 aromatic carbocycles. The molecule has 3 heterocycles. The molecule has 0 aliphatic carbocycles. The highest BCUT2D eigenvalue weighted by atomic mass is 32.1. The number of rotatable bonds is 2. The second-order valence-electron chi connectivity index (χ2n) is 10.4. The van der Waals surface area contributed by atoms with Crippen molar-refractivity contribution in [2.45, 2.75) is 52.9 Å². The number of benzene rings is 2. The maximum Gasteiger partial charge on any atom is 0.346 e. The first-order chi connectivity index (χ1) is 14.6. The first-order valence-corrected chi connectivity index (χ1v) is 11.7. The summed E-state index contributed by atoms with van der Waals surface area (Å²) in [7, 11) is 0. The summed E-state index contributed by atoms with van der Waals surface area (Å²) in [5, 5.41) is 5.30. The second kappa shape index (κ2) is 6.92. The molecule has 2 aromatic heterocycles. The highest BCUT2D eigenvalue weighted by Crippen LogP contribution is 2.44. The number of thiazole rings is 1. The van der Waals surface area contributed by atoms with Crippen LogP contribution in [0.15, 0.2) is 45.6 Å². The van der Waals surface area contributed by atoms with E-state index in [2.05, 4.69) is 46.0 Å². The minimum absolute atomic E-state index is 0.0631. The van der Waals surface area contributed by atoms with Crippen LogP contribution in [0.5, 0.6) is 0 Å². The van der Waals surface area contributed by atoms with Crippen LogP contribution in [0.25, 0.3) is 31.8 Å². The standard InChI is InChI=1S/C26H28N2O2S/c1-25(2,3)14-17-21-18(26(4,5)10-11-27-21)13-15-12-16(24(29)30-22(15)17)23-28-19-8-6-7-9-20(19)31-23/h6-9,12-13,27H,10-11,14H2,1-5H3. The number of nitrogens with zero attached hydrogens (tertiary/aromatic N) is 1. The molecule has 4 aromatic rings. The van der Waals surface area contributed by atoms with Crippen molar-refractivity contribution in [1.82, 2.24) is 4.98 Å². The lowest BCUT2D eigenvalue weighted by Crippen LogP contribution is -2.30. The van der Waals surface area contributed by atoms with E-state index in [0.29, 0.717) is 16.2 Å². The number of hydrogen-bond acceptors (Lipinski definition) is 5. The van der Waals surface area contributed by atoms with Crippen molar-refractivity contribution in [2.75, 3.05) is 11.9 Å². The van der Waals surface area contributed by atoms with Gasteiger partial charge in [-0.05, 0) is 53.5 Å². The van der Waals surface area contributed by atoms with E-state index in [9.17, 15) is 4.79 Å². The molecule has 1 N–H and O–H groups in total. The molecule has 160 valence electrons. The van der Waals surface area contributed by atoms with Gasteiger partial charge in [-0.3, -0.25) is 0 Å². The van der Waals surface area contributed by atoms with E-state index in [4.69, 9.17) is 9.40 Å².